The van der Waals surface area contributed by atoms with Crippen LogP contribution < -0.4 is 118 Å². The zero-order valence-electron chi connectivity index (χ0n) is 33.1. The van der Waals surface area contributed by atoms with Gasteiger partial charge < -0.3 is 23.7 Å². The van der Waals surface area contributed by atoms with Gasteiger partial charge in [-0.3, -0.25) is 4.98 Å². The summed E-state index contributed by atoms with van der Waals surface area (Å²) in [6.07, 6.45) is 1.37. The van der Waals surface area contributed by atoms with Crippen molar-refractivity contribution in [2.45, 2.75) is 19.6 Å². The van der Waals surface area contributed by atoms with Crippen molar-refractivity contribution < 1.29 is 176 Å². The van der Waals surface area contributed by atoms with E-state index in [1.54, 1.807) is 0 Å². The van der Waals surface area contributed by atoms with Crippen molar-refractivity contribution in [3.63, 3.8) is 0 Å². The summed E-state index contributed by atoms with van der Waals surface area (Å²) < 4.78 is 139. The van der Waals surface area contributed by atoms with Gasteiger partial charge in [0.05, 0.1) is 19.6 Å². The second-order valence-corrected chi connectivity index (χ2v) is 17.5. The van der Waals surface area contributed by atoms with Gasteiger partial charge in [-0.15, -0.1) is 20.4 Å². The Bertz CT molecular complexity index is 3000. The monoisotopic (exact) mass is 967 g/mol. The summed E-state index contributed by atoms with van der Waals surface area (Å²) in [5, 5.41) is 17.0. The van der Waals surface area contributed by atoms with E-state index in [1.165, 1.54) is 66.9 Å². The van der Waals surface area contributed by atoms with E-state index in [2.05, 4.69) is 35.3 Å². The van der Waals surface area contributed by atoms with Crippen LogP contribution in [0, 0.1) is 0 Å². The molecule has 4 aromatic carbocycles. The molecule has 7 rings (SSSR count). The van der Waals surface area contributed by atoms with Crippen LogP contribution in [-0.2, 0) is 40.5 Å². The molecule has 302 valence electrons. The number of benzene rings is 4. The molecule has 0 saturated heterocycles. The molecular weight excluding hydrogens is 947 g/mol. The van der Waals surface area contributed by atoms with Crippen molar-refractivity contribution in [1.29, 1.82) is 0 Å². The Hall–Kier alpha value is -2.35. The van der Waals surface area contributed by atoms with E-state index in [0.29, 0.717) is 5.56 Å². The van der Waals surface area contributed by atoms with Gasteiger partial charge in [0.25, 0.3) is 0 Å². The molecule has 2 N–H and O–H groups in total. The molecule has 0 aliphatic carbocycles. The first-order chi connectivity index (χ1) is 27.3. The molecule has 0 bridgehead atoms. The van der Waals surface area contributed by atoms with Crippen molar-refractivity contribution in [1.82, 2.24) is 35.3 Å². The fourth-order valence-electron chi connectivity index (χ4n) is 5.48. The Labute approximate surface area is 448 Å². The zero-order chi connectivity index (χ0) is 41.6. The van der Waals surface area contributed by atoms with E-state index in [1.807, 2.05) is 0 Å². The predicted molar refractivity (Wildman–Crippen MR) is 199 cm³/mol. The summed E-state index contributed by atoms with van der Waals surface area (Å²) in [6.45, 7) is 0. The van der Waals surface area contributed by atoms with Crippen molar-refractivity contribution in [2.24, 2.45) is 0 Å². The minimum atomic E-state index is -4.80. The molecule has 0 aliphatic rings. The number of rotatable bonds is 10. The maximum absolute atomic E-state index is 11.6. The molecule has 0 aliphatic heterocycles. The first-order valence-corrected chi connectivity index (χ1v) is 21.6. The predicted octanol–water partition coefficient (Wildman–Crippen LogP) is -9.74. The maximum atomic E-state index is 11.6. The Kier molecular flexibility index (Phi) is 20.2. The molecule has 20 nitrogen and oxygen atoms in total. The molecule has 0 fully saturated rings. The summed E-state index contributed by atoms with van der Waals surface area (Å²) in [7, 11) is -19.2. The van der Waals surface area contributed by atoms with Crippen LogP contribution in [0.4, 0.5) is 0 Å². The van der Waals surface area contributed by atoms with Gasteiger partial charge >= 0.3 is 118 Å². The van der Waals surface area contributed by atoms with Gasteiger partial charge in [0, 0.05) is 34.0 Å². The van der Waals surface area contributed by atoms with Crippen LogP contribution >= 0.6 is 0 Å². The third-order valence-electron chi connectivity index (χ3n) is 8.29. The van der Waals surface area contributed by atoms with Crippen molar-refractivity contribution in [3.05, 3.63) is 115 Å². The quantitative estimate of drug-likeness (QED) is 0.0907. The van der Waals surface area contributed by atoms with Crippen LogP contribution in [0.5, 0.6) is 0 Å². The number of aromatic nitrogens is 7. The average Bonchev–Trinajstić information content (AvgIpc) is 3.19. The van der Waals surface area contributed by atoms with E-state index in [0.717, 1.165) is 48.5 Å². The van der Waals surface area contributed by atoms with Crippen molar-refractivity contribution >= 4 is 40.5 Å². The van der Waals surface area contributed by atoms with E-state index >= 15 is 0 Å². The zero-order valence-corrected chi connectivity index (χ0v) is 44.4. The largest absolute Gasteiger partial charge is 1.00 e. The van der Waals surface area contributed by atoms with E-state index in [9.17, 15) is 51.9 Å². The van der Waals surface area contributed by atoms with Crippen LogP contribution in [0.2, 0.25) is 0 Å². The smallest absolute Gasteiger partial charge is 0.744 e. The Balaban J connectivity index is 0.00000273. The van der Waals surface area contributed by atoms with Crippen LogP contribution in [0.25, 0.3) is 67.9 Å². The van der Waals surface area contributed by atoms with Gasteiger partial charge in [-0.1, -0.05) is 48.5 Å². The molecule has 0 radical (unpaired) electrons. The second kappa shape index (κ2) is 22.4. The van der Waals surface area contributed by atoms with Gasteiger partial charge in [-0.2, -0.15) is 0 Å². The minimum absolute atomic E-state index is 0. The van der Waals surface area contributed by atoms with E-state index in [-0.39, 0.29) is 186 Å². The summed E-state index contributed by atoms with van der Waals surface area (Å²) in [5.74, 6) is -0.0817. The Morgan fingerprint density at radius 1 is 0.349 bits per heavy atom. The van der Waals surface area contributed by atoms with Gasteiger partial charge in [-0.25, -0.2) is 43.6 Å². The Morgan fingerprint density at radius 3 is 0.952 bits per heavy atom. The SMILES string of the molecule is O.O=S(=O)([O-])c1ccc(-c2nnc(-c3ccnc(-c4nnc(-c5ccc(S(=O)(=O)[O-])cc5)c(-c5ccc(S(=O)(=O)[O-])cc5)n4)c3)nc2-c2ccc(S(=O)(=O)[O-])cc2)cc1.[Na+].[Na+].[Na+].[Na+]. The number of hydrogen-bond acceptors (Lipinski definition) is 19. The molecule has 28 heteroatoms. The summed E-state index contributed by atoms with van der Waals surface area (Å²) in [4.78, 5) is 11.6. The number of nitrogens with zero attached hydrogens (tertiary/aromatic N) is 7. The Morgan fingerprint density at radius 2 is 0.635 bits per heavy atom. The number of hydrogen-bond donors (Lipinski definition) is 0. The third-order valence-corrected chi connectivity index (χ3v) is 11.7. The van der Waals surface area contributed by atoms with Crippen LogP contribution in [0.15, 0.2) is 135 Å². The molecule has 3 aromatic heterocycles. The molecule has 7 aromatic rings. The topological polar surface area (TPSA) is 351 Å². The molecule has 0 amide bonds. The fourth-order valence-corrected chi connectivity index (χ4v) is 7.36. The molecule has 0 atom stereocenters. The molecule has 0 unspecified atom stereocenters. The average molecular weight is 968 g/mol. The minimum Gasteiger partial charge on any atom is -0.744 e. The van der Waals surface area contributed by atoms with Gasteiger partial charge in [0.15, 0.2) is 5.82 Å². The molecule has 0 saturated carbocycles. The first kappa shape index (κ1) is 56.8. The summed E-state index contributed by atoms with van der Waals surface area (Å²) in [5.41, 5.74) is 1.87. The molecular formula is C35H21N7Na4O13S4. The van der Waals surface area contributed by atoms with Gasteiger partial charge in [-0.05, 0) is 60.7 Å². The molecule has 63 heavy (non-hydrogen) atoms. The van der Waals surface area contributed by atoms with Crippen LogP contribution in [0.3, 0.4) is 0 Å². The third kappa shape index (κ3) is 13.4. The van der Waals surface area contributed by atoms with Crippen molar-refractivity contribution in [3.8, 4) is 67.9 Å². The van der Waals surface area contributed by atoms with Gasteiger partial charge in [0.2, 0.25) is 5.82 Å². The normalized spacial score (nSPS) is 11.4. The second-order valence-electron chi connectivity index (χ2n) is 12.0. The van der Waals surface area contributed by atoms with Crippen molar-refractivity contribution in [2.75, 3.05) is 0 Å². The van der Waals surface area contributed by atoms with Crippen LogP contribution in [0.1, 0.15) is 0 Å². The molecule has 0 spiro atoms. The number of pyridine rings is 1. The summed E-state index contributed by atoms with van der Waals surface area (Å²) >= 11 is 0. The van der Waals surface area contributed by atoms with E-state index < -0.39 is 60.1 Å². The fraction of sp³-hybridized carbons (Fsp3) is 0. The summed E-state index contributed by atoms with van der Waals surface area (Å²) in [6, 6.07) is 22.0. The maximum Gasteiger partial charge on any atom is 1.00 e. The first-order valence-electron chi connectivity index (χ1n) is 16.0. The van der Waals surface area contributed by atoms with Gasteiger partial charge in [0.1, 0.15) is 68.9 Å². The molecule has 3 heterocycles. The standard InChI is InChI=1S/C35H23N7O12S4.4Na.H2O/c43-55(44,45)25-9-1-20(2-10-25)30-32(22-5-13-27(14-6-22)57(49,50)51)39-41-34(37-30)24-17-18-36-29(19-24)35-38-31(21-3-11-26(12-4-21)56(46,47)48)33(40-42-35)23-7-15-28(16-8-23)58(52,53)54;;;;;/h1-19H,(H,43,44,45)(H,46,47,48)(H,49,50,51)(H,52,53,54);;;;;1H2/q;4*+1;/p-4. The van der Waals surface area contributed by atoms with E-state index in [4.69, 9.17) is 0 Å². The van der Waals surface area contributed by atoms with Crippen LogP contribution in [-0.4, -0.2) is 92.7 Å².